The molecule has 0 radical (unpaired) electrons. The molecular formula is C18H20FNO. The van der Waals surface area contributed by atoms with Crippen molar-refractivity contribution in [3.63, 3.8) is 0 Å². The average Bonchev–Trinajstić information content (AvgIpc) is 2.69. The third-order valence-electron chi connectivity index (χ3n) is 4.06. The van der Waals surface area contributed by atoms with Gasteiger partial charge in [-0.2, -0.15) is 0 Å². The maximum Gasteiger partial charge on any atom is 0.125 e. The van der Waals surface area contributed by atoms with Gasteiger partial charge < -0.3 is 4.74 Å². The van der Waals surface area contributed by atoms with Crippen LogP contribution >= 0.6 is 0 Å². The molecule has 21 heavy (non-hydrogen) atoms. The molecule has 1 aliphatic heterocycles. The number of hydrogen-bond acceptors (Lipinski definition) is 2. The predicted molar refractivity (Wildman–Crippen MR) is 81.8 cm³/mol. The topological polar surface area (TPSA) is 21.3 Å². The lowest BCUT2D eigenvalue weighted by Crippen LogP contribution is -2.40. The second-order valence-corrected chi connectivity index (χ2v) is 6.12. The summed E-state index contributed by atoms with van der Waals surface area (Å²) in [7, 11) is 0. The molecule has 3 rings (SSSR count). The first-order valence-electron chi connectivity index (χ1n) is 7.27. The summed E-state index contributed by atoms with van der Waals surface area (Å²) in [6.07, 6.45) is 0. The Morgan fingerprint density at radius 3 is 2.67 bits per heavy atom. The molecule has 1 aliphatic rings. The molecule has 1 N–H and O–H groups in total. The molecule has 0 fully saturated rings. The Labute approximate surface area is 125 Å². The van der Waals surface area contributed by atoms with Gasteiger partial charge in [0.05, 0.1) is 6.04 Å². The van der Waals surface area contributed by atoms with E-state index in [9.17, 15) is 4.39 Å². The first-order valence-corrected chi connectivity index (χ1v) is 7.27. The van der Waals surface area contributed by atoms with E-state index < -0.39 is 0 Å². The van der Waals surface area contributed by atoms with E-state index in [4.69, 9.17) is 4.74 Å². The summed E-state index contributed by atoms with van der Waals surface area (Å²) in [6, 6.07) is 14.9. The van der Waals surface area contributed by atoms with Gasteiger partial charge in [0.2, 0.25) is 0 Å². The smallest absolute Gasteiger partial charge is 0.125 e. The molecule has 0 saturated carbocycles. The highest BCUT2D eigenvalue weighted by molar-refractivity contribution is 5.42. The van der Waals surface area contributed by atoms with Gasteiger partial charge in [-0.25, -0.2) is 4.39 Å². The van der Waals surface area contributed by atoms with E-state index in [0.717, 1.165) is 16.9 Å². The van der Waals surface area contributed by atoms with E-state index in [1.54, 1.807) is 12.1 Å². The van der Waals surface area contributed by atoms with Gasteiger partial charge in [-0.3, -0.25) is 5.32 Å². The van der Waals surface area contributed by atoms with Crippen LogP contribution in [0.5, 0.6) is 5.75 Å². The van der Waals surface area contributed by atoms with Crippen molar-refractivity contribution in [2.24, 2.45) is 0 Å². The van der Waals surface area contributed by atoms with Crippen molar-refractivity contribution in [3.05, 3.63) is 65.5 Å². The number of benzene rings is 2. The van der Waals surface area contributed by atoms with Crippen molar-refractivity contribution in [1.82, 2.24) is 5.32 Å². The summed E-state index contributed by atoms with van der Waals surface area (Å²) in [5.74, 6) is 0.718. The molecule has 0 bridgehead atoms. The Morgan fingerprint density at radius 2 is 1.90 bits per heavy atom. The maximum absolute atomic E-state index is 13.4. The van der Waals surface area contributed by atoms with Gasteiger partial charge in [0.1, 0.15) is 17.2 Å². The molecule has 0 aliphatic carbocycles. The third kappa shape index (κ3) is 2.66. The predicted octanol–water partition coefficient (Wildman–Crippen LogP) is 4.39. The molecule has 1 heterocycles. The first kappa shape index (κ1) is 14.1. The first-order chi connectivity index (χ1) is 9.97. The van der Waals surface area contributed by atoms with E-state index in [-0.39, 0.29) is 23.5 Å². The van der Waals surface area contributed by atoms with Crippen LogP contribution in [0.4, 0.5) is 4.39 Å². The zero-order valence-corrected chi connectivity index (χ0v) is 12.6. The number of rotatable bonds is 3. The molecule has 0 amide bonds. The molecule has 2 aromatic carbocycles. The molecule has 1 unspecified atom stereocenters. The number of hydrogen-bond donors (Lipinski definition) is 1. The van der Waals surface area contributed by atoms with Crippen LogP contribution in [0.1, 0.15) is 44.0 Å². The summed E-state index contributed by atoms with van der Waals surface area (Å²) in [5, 5.41) is 3.58. The van der Waals surface area contributed by atoms with E-state index in [1.807, 2.05) is 31.2 Å². The van der Waals surface area contributed by atoms with Crippen LogP contribution in [0.3, 0.4) is 0 Å². The van der Waals surface area contributed by atoms with Crippen molar-refractivity contribution < 1.29 is 9.13 Å². The molecule has 2 nitrogen and oxygen atoms in total. The lowest BCUT2D eigenvalue weighted by Gasteiger charge is -2.30. The summed E-state index contributed by atoms with van der Waals surface area (Å²) in [5.41, 5.74) is 1.77. The summed E-state index contributed by atoms with van der Waals surface area (Å²) < 4.78 is 19.4. The van der Waals surface area contributed by atoms with Crippen LogP contribution in [0.15, 0.2) is 48.5 Å². The SMILES string of the molecule is C[C@@H](NC1c2ccccc2OC1(C)C)c1cccc(F)c1. The molecule has 0 saturated heterocycles. The Hall–Kier alpha value is -1.87. The zero-order chi connectivity index (χ0) is 15.0. The normalized spacial score (nSPS) is 20.7. The van der Waals surface area contributed by atoms with Gasteiger partial charge in [0.15, 0.2) is 0 Å². The molecule has 0 aromatic heterocycles. The Bertz CT molecular complexity index is 653. The lowest BCUT2D eigenvalue weighted by molar-refractivity contribution is 0.0919. The van der Waals surface area contributed by atoms with Crippen LogP contribution in [0.2, 0.25) is 0 Å². The fraction of sp³-hybridized carbons (Fsp3) is 0.333. The van der Waals surface area contributed by atoms with Gasteiger partial charge in [-0.1, -0.05) is 30.3 Å². The number of nitrogens with one attached hydrogen (secondary N) is 1. The average molecular weight is 285 g/mol. The van der Waals surface area contributed by atoms with Gasteiger partial charge >= 0.3 is 0 Å². The van der Waals surface area contributed by atoms with Gasteiger partial charge in [0.25, 0.3) is 0 Å². The lowest BCUT2D eigenvalue weighted by atomic mass is 9.93. The fourth-order valence-electron chi connectivity index (χ4n) is 2.94. The number of fused-ring (bicyclic) bond motifs is 1. The quantitative estimate of drug-likeness (QED) is 0.903. The minimum atomic E-state index is -0.328. The van der Waals surface area contributed by atoms with Gasteiger partial charge in [-0.15, -0.1) is 0 Å². The number of ether oxygens (including phenoxy) is 1. The third-order valence-corrected chi connectivity index (χ3v) is 4.06. The van der Waals surface area contributed by atoms with Crippen molar-refractivity contribution in [3.8, 4) is 5.75 Å². The highest BCUT2D eigenvalue weighted by atomic mass is 19.1. The monoisotopic (exact) mass is 285 g/mol. The maximum atomic E-state index is 13.4. The van der Waals surface area contributed by atoms with Crippen molar-refractivity contribution in [1.29, 1.82) is 0 Å². The van der Waals surface area contributed by atoms with E-state index in [2.05, 4.69) is 25.2 Å². The number of halogens is 1. The summed E-state index contributed by atoms with van der Waals surface area (Å²) in [6.45, 7) is 6.19. The molecule has 3 heteroatoms. The highest BCUT2D eigenvalue weighted by Gasteiger charge is 2.41. The summed E-state index contributed by atoms with van der Waals surface area (Å²) >= 11 is 0. The minimum absolute atomic E-state index is 0.0414. The zero-order valence-electron chi connectivity index (χ0n) is 12.6. The van der Waals surface area contributed by atoms with Crippen molar-refractivity contribution >= 4 is 0 Å². The largest absolute Gasteiger partial charge is 0.486 e. The fourth-order valence-corrected chi connectivity index (χ4v) is 2.94. The van der Waals surface area contributed by atoms with Crippen LogP contribution in [0.25, 0.3) is 0 Å². The molecule has 2 atom stereocenters. The second-order valence-electron chi connectivity index (χ2n) is 6.12. The molecule has 0 spiro atoms. The van der Waals surface area contributed by atoms with Crippen LogP contribution < -0.4 is 10.1 Å². The summed E-state index contributed by atoms with van der Waals surface area (Å²) in [4.78, 5) is 0. The van der Waals surface area contributed by atoms with Crippen molar-refractivity contribution in [2.45, 2.75) is 38.5 Å². The van der Waals surface area contributed by atoms with Gasteiger partial charge in [0, 0.05) is 11.6 Å². The minimum Gasteiger partial charge on any atom is -0.486 e. The molecular weight excluding hydrogens is 265 g/mol. The molecule has 2 aromatic rings. The van der Waals surface area contributed by atoms with Crippen LogP contribution in [-0.4, -0.2) is 5.60 Å². The van der Waals surface area contributed by atoms with Crippen LogP contribution in [0, 0.1) is 5.82 Å². The van der Waals surface area contributed by atoms with Gasteiger partial charge in [-0.05, 0) is 44.5 Å². The Kier molecular flexibility index (Phi) is 3.46. The highest BCUT2D eigenvalue weighted by Crippen LogP contribution is 2.43. The van der Waals surface area contributed by atoms with E-state index in [1.165, 1.54) is 6.07 Å². The Balaban J connectivity index is 1.87. The van der Waals surface area contributed by atoms with Crippen LogP contribution in [-0.2, 0) is 0 Å². The Morgan fingerprint density at radius 1 is 1.14 bits per heavy atom. The van der Waals surface area contributed by atoms with E-state index in [0.29, 0.717) is 0 Å². The van der Waals surface area contributed by atoms with E-state index >= 15 is 0 Å². The second kappa shape index (κ2) is 5.15. The number of para-hydroxylation sites is 1. The molecule has 110 valence electrons. The van der Waals surface area contributed by atoms with Crippen molar-refractivity contribution in [2.75, 3.05) is 0 Å². The standard InChI is InChI=1S/C18H20FNO/c1-12(13-7-6-8-14(19)11-13)20-17-15-9-4-5-10-16(15)21-18(17,2)3/h4-12,17,20H,1-3H3/t12-,17?/m1/s1.